The first kappa shape index (κ1) is 16.4. The Bertz CT molecular complexity index is 590. The number of piperidine rings is 1. The lowest BCUT2D eigenvalue weighted by atomic mass is 9.78. The summed E-state index contributed by atoms with van der Waals surface area (Å²) in [5, 5.41) is 11.2. The molecule has 4 heterocycles. The fourth-order valence-electron chi connectivity index (χ4n) is 3.66. The molecule has 0 unspecified atom stereocenters. The quantitative estimate of drug-likeness (QED) is 0.905. The normalized spacial score (nSPS) is 21.1. The van der Waals surface area contributed by atoms with Gasteiger partial charge in [0.25, 0.3) is 0 Å². The van der Waals surface area contributed by atoms with E-state index in [4.69, 9.17) is 4.98 Å². The van der Waals surface area contributed by atoms with Crippen LogP contribution >= 0.6 is 35.1 Å². The maximum atomic E-state index is 4.82. The van der Waals surface area contributed by atoms with Crippen LogP contribution in [0, 0.1) is 5.41 Å². The average Bonchev–Trinajstić information content (AvgIpc) is 3.22. The number of likely N-dealkylation sites (tertiary alicyclic amines) is 1. The Labute approximate surface area is 146 Å². The van der Waals surface area contributed by atoms with Gasteiger partial charge in [-0.2, -0.15) is 11.3 Å². The Hall–Kier alpha value is -0.460. The zero-order valence-corrected chi connectivity index (χ0v) is 15.0. The molecule has 2 saturated heterocycles. The average molecular weight is 356 g/mol. The summed E-state index contributed by atoms with van der Waals surface area (Å²) in [5.41, 5.74) is 3.11. The summed E-state index contributed by atoms with van der Waals surface area (Å²) in [6.45, 7) is 5.93. The fourth-order valence-corrected chi connectivity index (χ4v) is 5.18. The van der Waals surface area contributed by atoms with Crippen LogP contribution in [0.5, 0.6) is 0 Å². The molecule has 6 heteroatoms. The van der Waals surface area contributed by atoms with Crippen LogP contribution in [-0.4, -0.2) is 36.1 Å². The second-order valence-corrected chi connectivity index (χ2v) is 8.00. The SMILES string of the molecule is Cl.c1cc(-c2nc(CN3CCC4(CCNCC4)C3)cs2)cs1. The van der Waals surface area contributed by atoms with Crippen LogP contribution in [0.25, 0.3) is 10.6 Å². The van der Waals surface area contributed by atoms with E-state index in [1.54, 1.807) is 22.7 Å². The van der Waals surface area contributed by atoms with E-state index in [9.17, 15) is 0 Å². The van der Waals surface area contributed by atoms with Crippen molar-refractivity contribution in [2.75, 3.05) is 26.2 Å². The van der Waals surface area contributed by atoms with Gasteiger partial charge in [-0.15, -0.1) is 23.7 Å². The number of nitrogens with one attached hydrogen (secondary N) is 1. The van der Waals surface area contributed by atoms with Crippen LogP contribution in [0.3, 0.4) is 0 Å². The minimum atomic E-state index is 0. The lowest BCUT2D eigenvalue weighted by molar-refractivity contribution is 0.193. The Morgan fingerprint density at radius 2 is 2.09 bits per heavy atom. The van der Waals surface area contributed by atoms with Gasteiger partial charge >= 0.3 is 0 Å². The maximum Gasteiger partial charge on any atom is 0.124 e. The molecule has 2 aromatic heterocycles. The number of hydrogen-bond donors (Lipinski definition) is 1. The highest BCUT2D eigenvalue weighted by Crippen LogP contribution is 2.39. The number of hydrogen-bond acceptors (Lipinski definition) is 5. The predicted octanol–water partition coefficient (Wildman–Crippen LogP) is 3.87. The molecule has 1 spiro atoms. The van der Waals surface area contributed by atoms with Crippen molar-refractivity contribution in [3.05, 3.63) is 27.9 Å². The van der Waals surface area contributed by atoms with E-state index in [1.807, 2.05) is 0 Å². The minimum Gasteiger partial charge on any atom is -0.317 e. The molecule has 22 heavy (non-hydrogen) atoms. The second-order valence-electron chi connectivity index (χ2n) is 6.37. The summed E-state index contributed by atoms with van der Waals surface area (Å²) in [4.78, 5) is 7.43. The number of halogens is 1. The minimum absolute atomic E-state index is 0. The zero-order valence-electron chi connectivity index (χ0n) is 12.6. The van der Waals surface area contributed by atoms with Crippen molar-refractivity contribution in [2.45, 2.75) is 25.8 Å². The molecule has 2 fully saturated rings. The molecule has 3 nitrogen and oxygen atoms in total. The van der Waals surface area contributed by atoms with E-state index < -0.39 is 0 Å². The van der Waals surface area contributed by atoms with Crippen LogP contribution in [0.2, 0.25) is 0 Å². The highest BCUT2D eigenvalue weighted by atomic mass is 35.5. The summed E-state index contributed by atoms with van der Waals surface area (Å²) in [6.07, 6.45) is 4.07. The zero-order chi connectivity index (χ0) is 14.1. The molecule has 1 N–H and O–H groups in total. The van der Waals surface area contributed by atoms with Crippen LogP contribution in [0.1, 0.15) is 25.0 Å². The topological polar surface area (TPSA) is 28.2 Å². The molecule has 0 amide bonds. The molecule has 0 aromatic carbocycles. The summed E-state index contributed by atoms with van der Waals surface area (Å²) in [5.74, 6) is 0. The van der Waals surface area contributed by atoms with E-state index in [0.717, 1.165) is 6.54 Å². The molecule has 2 aliphatic heterocycles. The Morgan fingerprint density at radius 3 is 2.86 bits per heavy atom. The first-order chi connectivity index (χ1) is 10.3. The fraction of sp³-hybridized carbons (Fsp3) is 0.562. The number of thiazole rings is 1. The molecule has 0 saturated carbocycles. The number of aromatic nitrogens is 1. The van der Waals surface area contributed by atoms with Gasteiger partial charge in [-0.25, -0.2) is 4.98 Å². The Kier molecular flexibility index (Phi) is 5.20. The van der Waals surface area contributed by atoms with Gasteiger partial charge in [0.05, 0.1) is 5.69 Å². The first-order valence-corrected chi connectivity index (χ1v) is 9.55. The first-order valence-electron chi connectivity index (χ1n) is 7.73. The van der Waals surface area contributed by atoms with Gasteiger partial charge in [0.1, 0.15) is 5.01 Å². The van der Waals surface area contributed by atoms with Crippen molar-refractivity contribution >= 4 is 35.1 Å². The van der Waals surface area contributed by atoms with E-state index in [2.05, 4.69) is 32.4 Å². The highest BCUT2D eigenvalue weighted by molar-refractivity contribution is 7.14. The van der Waals surface area contributed by atoms with Gasteiger partial charge < -0.3 is 5.32 Å². The van der Waals surface area contributed by atoms with Crippen LogP contribution < -0.4 is 5.32 Å². The van der Waals surface area contributed by atoms with Gasteiger partial charge in [0.2, 0.25) is 0 Å². The van der Waals surface area contributed by atoms with Crippen molar-refractivity contribution in [3.8, 4) is 10.6 Å². The lowest BCUT2D eigenvalue weighted by Gasteiger charge is -2.33. The van der Waals surface area contributed by atoms with Crippen LogP contribution in [-0.2, 0) is 6.54 Å². The van der Waals surface area contributed by atoms with Crippen LogP contribution in [0.4, 0.5) is 0 Å². The van der Waals surface area contributed by atoms with Crippen LogP contribution in [0.15, 0.2) is 22.2 Å². The molecular weight excluding hydrogens is 334 g/mol. The summed E-state index contributed by atoms with van der Waals surface area (Å²) < 4.78 is 0. The summed E-state index contributed by atoms with van der Waals surface area (Å²) in [6, 6.07) is 2.16. The van der Waals surface area contributed by atoms with Crippen molar-refractivity contribution in [1.82, 2.24) is 15.2 Å². The molecule has 4 rings (SSSR count). The smallest absolute Gasteiger partial charge is 0.124 e. The van der Waals surface area contributed by atoms with Gasteiger partial charge in [-0.05, 0) is 55.8 Å². The van der Waals surface area contributed by atoms with E-state index in [1.165, 1.54) is 61.7 Å². The predicted molar refractivity (Wildman–Crippen MR) is 97.1 cm³/mol. The number of nitrogens with zero attached hydrogens (tertiary/aromatic N) is 2. The molecule has 120 valence electrons. The molecule has 0 atom stereocenters. The largest absolute Gasteiger partial charge is 0.317 e. The summed E-state index contributed by atoms with van der Waals surface area (Å²) >= 11 is 3.52. The van der Waals surface area contributed by atoms with Crippen molar-refractivity contribution in [2.24, 2.45) is 5.41 Å². The molecule has 0 bridgehead atoms. The number of rotatable bonds is 3. The lowest BCUT2D eigenvalue weighted by Crippen LogP contribution is -2.38. The molecule has 2 aromatic rings. The standard InChI is InChI=1S/C16H21N3S2.ClH/c1-8-20-10-13(1)15-18-14(11-21-15)9-19-7-4-16(12-19)2-5-17-6-3-16;/h1,8,10-11,17H,2-7,9,12H2;1H. The third-order valence-corrected chi connectivity index (χ3v) is 6.51. The third-order valence-electron chi connectivity index (χ3n) is 4.89. The van der Waals surface area contributed by atoms with E-state index >= 15 is 0 Å². The van der Waals surface area contributed by atoms with Gasteiger partial charge in [-0.3, -0.25) is 4.90 Å². The Morgan fingerprint density at radius 1 is 1.23 bits per heavy atom. The van der Waals surface area contributed by atoms with Crippen molar-refractivity contribution in [3.63, 3.8) is 0 Å². The number of thiophene rings is 1. The molecule has 2 aliphatic rings. The highest BCUT2D eigenvalue weighted by Gasteiger charge is 2.38. The second kappa shape index (κ2) is 6.97. The summed E-state index contributed by atoms with van der Waals surface area (Å²) in [7, 11) is 0. The van der Waals surface area contributed by atoms with Crippen molar-refractivity contribution in [1.29, 1.82) is 0 Å². The van der Waals surface area contributed by atoms with Gasteiger partial charge in [0.15, 0.2) is 0 Å². The van der Waals surface area contributed by atoms with Crippen molar-refractivity contribution < 1.29 is 0 Å². The van der Waals surface area contributed by atoms with Gasteiger partial charge in [-0.1, -0.05) is 0 Å². The monoisotopic (exact) mass is 355 g/mol. The molecule has 0 aliphatic carbocycles. The molecular formula is C16H22ClN3S2. The van der Waals surface area contributed by atoms with Gasteiger partial charge in [0, 0.05) is 29.4 Å². The van der Waals surface area contributed by atoms with E-state index in [0.29, 0.717) is 5.41 Å². The maximum absolute atomic E-state index is 4.82. The Balaban J connectivity index is 0.00000144. The molecule has 0 radical (unpaired) electrons. The van der Waals surface area contributed by atoms with E-state index in [-0.39, 0.29) is 12.4 Å². The third kappa shape index (κ3) is 3.39.